The molecule has 3 rings (SSSR count). The lowest BCUT2D eigenvalue weighted by molar-refractivity contribution is -0.130. The van der Waals surface area contributed by atoms with Crippen molar-refractivity contribution in [2.45, 2.75) is 26.3 Å². The summed E-state index contributed by atoms with van der Waals surface area (Å²) in [5.41, 5.74) is 1.04. The van der Waals surface area contributed by atoms with Gasteiger partial charge in [0.15, 0.2) is 5.78 Å². The van der Waals surface area contributed by atoms with Crippen LogP contribution >= 0.6 is 0 Å². The minimum Gasteiger partial charge on any atom is -0.496 e. The molecule has 8 heteroatoms. The van der Waals surface area contributed by atoms with E-state index >= 15 is 0 Å². The van der Waals surface area contributed by atoms with Gasteiger partial charge in [0.2, 0.25) is 5.91 Å². The van der Waals surface area contributed by atoms with Gasteiger partial charge in [0.05, 0.1) is 13.7 Å². The summed E-state index contributed by atoms with van der Waals surface area (Å²) in [6.07, 6.45) is 0. The predicted molar refractivity (Wildman–Crippen MR) is 110 cm³/mol. The SMILES string of the molecule is COc1ccc(C2(C)NC(=O)N(CC(=O)c3ccc(NC(C)=O)cc3)C2=O)cc1C. The highest BCUT2D eigenvalue weighted by atomic mass is 16.5. The zero-order valence-electron chi connectivity index (χ0n) is 17.2. The molecule has 0 aromatic heterocycles. The van der Waals surface area contributed by atoms with Crippen molar-refractivity contribution in [3.63, 3.8) is 0 Å². The van der Waals surface area contributed by atoms with Crippen molar-refractivity contribution < 1.29 is 23.9 Å². The Labute approximate surface area is 174 Å². The van der Waals surface area contributed by atoms with E-state index < -0.39 is 17.5 Å². The zero-order valence-corrected chi connectivity index (χ0v) is 17.2. The van der Waals surface area contributed by atoms with Crippen LogP contribution in [0.1, 0.15) is 35.3 Å². The first-order valence-corrected chi connectivity index (χ1v) is 9.36. The van der Waals surface area contributed by atoms with Crippen LogP contribution in [-0.4, -0.2) is 42.2 Å². The Bertz CT molecular complexity index is 1030. The summed E-state index contributed by atoms with van der Waals surface area (Å²) >= 11 is 0. The van der Waals surface area contributed by atoms with Crippen molar-refractivity contribution in [1.29, 1.82) is 0 Å². The normalized spacial score (nSPS) is 18.2. The third kappa shape index (κ3) is 3.89. The third-order valence-electron chi connectivity index (χ3n) is 5.08. The number of anilines is 1. The molecule has 1 aliphatic heterocycles. The number of hydrogen-bond acceptors (Lipinski definition) is 5. The van der Waals surface area contributed by atoms with Gasteiger partial charge in [-0.05, 0) is 61.4 Å². The second kappa shape index (κ2) is 7.98. The van der Waals surface area contributed by atoms with E-state index in [0.29, 0.717) is 22.6 Å². The average Bonchev–Trinajstić information content (AvgIpc) is 2.92. The molecule has 4 amide bonds. The number of ether oxygens (including phenoxy) is 1. The first-order valence-electron chi connectivity index (χ1n) is 9.36. The smallest absolute Gasteiger partial charge is 0.325 e. The Hall–Kier alpha value is -3.68. The van der Waals surface area contributed by atoms with Gasteiger partial charge in [0.1, 0.15) is 11.3 Å². The summed E-state index contributed by atoms with van der Waals surface area (Å²) in [7, 11) is 1.56. The maximum Gasteiger partial charge on any atom is 0.325 e. The number of carbonyl (C=O) groups is 4. The fraction of sp³-hybridized carbons (Fsp3) is 0.273. The molecule has 156 valence electrons. The number of rotatable bonds is 6. The molecule has 2 N–H and O–H groups in total. The summed E-state index contributed by atoms with van der Waals surface area (Å²) in [5.74, 6) is -0.432. The van der Waals surface area contributed by atoms with Crippen molar-refractivity contribution in [1.82, 2.24) is 10.2 Å². The summed E-state index contributed by atoms with van der Waals surface area (Å²) in [6.45, 7) is 4.47. The van der Waals surface area contributed by atoms with Crippen LogP contribution in [0.5, 0.6) is 5.75 Å². The Morgan fingerprint density at radius 1 is 1.13 bits per heavy atom. The molecule has 0 aliphatic carbocycles. The Balaban J connectivity index is 1.78. The van der Waals surface area contributed by atoms with Crippen LogP contribution in [0.3, 0.4) is 0 Å². The van der Waals surface area contributed by atoms with E-state index in [4.69, 9.17) is 4.74 Å². The van der Waals surface area contributed by atoms with E-state index in [-0.39, 0.29) is 18.2 Å². The lowest BCUT2D eigenvalue weighted by atomic mass is 9.90. The summed E-state index contributed by atoms with van der Waals surface area (Å²) in [4.78, 5) is 50.2. The van der Waals surface area contributed by atoms with Crippen molar-refractivity contribution in [2.24, 2.45) is 0 Å². The molecule has 2 aromatic rings. The summed E-state index contributed by atoms with van der Waals surface area (Å²) < 4.78 is 5.25. The van der Waals surface area contributed by atoms with E-state index in [2.05, 4.69) is 10.6 Å². The van der Waals surface area contributed by atoms with Crippen LogP contribution in [0.4, 0.5) is 10.5 Å². The highest BCUT2D eigenvalue weighted by Gasteiger charge is 2.49. The molecule has 0 saturated carbocycles. The number of ketones is 1. The first-order chi connectivity index (χ1) is 14.2. The molecule has 2 aromatic carbocycles. The van der Waals surface area contributed by atoms with Crippen molar-refractivity contribution in [3.05, 3.63) is 59.2 Å². The minimum atomic E-state index is -1.27. The Morgan fingerprint density at radius 2 is 1.80 bits per heavy atom. The Kier molecular flexibility index (Phi) is 5.60. The first kappa shape index (κ1) is 21.0. The lowest BCUT2D eigenvalue weighted by Crippen LogP contribution is -2.41. The third-order valence-corrected chi connectivity index (χ3v) is 5.08. The highest BCUT2D eigenvalue weighted by Crippen LogP contribution is 2.31. The number of nitrogens with zero attached hydrogens (tertiary/aromatic N) is 1. The van der Waals surface area contributed by atoms with Crippen LogP contribution in [0.25, 0.3) is 0 Å². The highest BCUT2D eigenvalue weighted by molar-refractivity contribution is 6.11. The largest absolute Gasteiger partial charge is 0.496 e. The molecule has 0 spiro atoms. The van der Waals surface area contributed by atoms with Crippen molar-refractivity contribution in [2.75, 3.05) is 19.0 Å². The van der Waals surface area contributed by atoms with Crippen LogP contribution in [-0.2, 0) is 15.1 Å². The average molecular weight is 409 g/mol. The van der Waals surface area contributed by atoms with Gasteiger partial charge in [0, 0.05) is 18.2 Å². The molecular formula is C22H23N3O5. The van der Waals surface area contributed by atoms with Crippen LogP contribution in [0.2, 0.25) is 0 Å². The molecule has 8 nitrogen and oxygen atoms in total. The predicted octanol–water partition coefficient (Wildman–Crippen LogP) is 2.61. The number of urea groups is 1. The van der Waals surface area contributed by atoms with Gasteiger partial charge >= 0.3 is 6.03 Å². The number of carbonyl (C=O) groups excluding carboxylic acids is 4. The topological polar surface area (TPSA) is 105 Å². The van der Waals surface area contributed by atoms with Crippen molar-refractivity contribution >= 4 is 29.3 Å². The number of hydrogen-bond donors (Lipinski definition) is 2. The maximum atomic E-state index is 13.1. The van der Waals surface area contributed by atoms with E-state index in [1.165, 1.54) is 19.1 Å². The number of amides is 4. The standard InChI is InChI=1S/C22H23N3O5/c1-13-11-16(7-10-19(13)30-4)22(3)20(28)25(21(29)24-22)12-18(27)15-5-8-17(9-6-15)23-14(2)26/h5-11H,12H2,1-4H3,(H,23,26)(H,24,29). The van der Waals surface area contributed by atoms with Gasteiger partial charge < -0.3 is 15.4 Å². The quantitative estimate of drug-likeness (QED) is 0.564. The van der Waals surface area contributed by atoms with E-state index in [0.717, 1.165) is 10.5 Å². The maximum absolute atomic E-state index is 13.1. The Morgan fingerprint density at radius 3 is 2.37 bits per heavy atom. The molecule has 1 unspecified atom stereocenters. The van der Waals surface area contributed by atoms with Crippen LogP contribution < -0.4 is 15.4 Å². The minimum absolute atomic E-state index is 0.221. The van der Waals surface area contributed by atoms with Gasteiger partial charge in [-0.25, -0.2) is 4.79 Å². The number of Topliss-reactive ketones (excluding diaryl/α,β-unsaturated/α-hetero) is 1. The van der Waals surface area contributed by atoms with Crippen molar-refractivity contribution in [3.8, 4) is 5.75 Å². The summed E-state index contributed by atoms with van der Waals surface area (Å²) in [6, 6.07) is 10.9. The molecule has 1 saturated heterocycles. The van der Waals surface area contributed by atoms with E-state index in [9.17, 15) is 19.2 Å². The van der Waals surface area contributed by atoms with Gasteiger partial charge in [-0.15, -0.1) is 0 Å². The molecular weight excluding hydrogens is 386 g/mol. The van der Waals surface area contributed by atoms with E-state index in [1.807, 2.05) is 6.92 Å². The fourth-order valence-electron chi connectivity index (χ4n) is 3.40. The number of imide groups is 1. The molecule has 30 heavy (non-hydrogen) atoms. The molecule has 1 heterocycles. The van der Waals surface area contributed by atoms with Crippen LogP contribution in [0.15, 0.2) is 42.5 Å². The number of aryl methyl sites for hydroxylation is 1. The number of benzene rings is 2. The summed E-state index contributed by atoms with van der Waals surface area (Å²) in [5, 5.41) is 5.31. The molecule has 1 fully saturated rings. The van der Waals surface area contributed by atoms with Crippen LogP contribution in [0, 0.1) is 6.92 Å². The monoisotopic (exact) mass is 409 g/mol. The number of methoxy groups -OCH3 is 1. The molecule has 0 bridgehead atoms. The van der Waals surface area contributed by atoms with Gasteiger partial charge in [0.25, 0.3) is 5.91 Å². The molecule has 1 aliphatic rings. The van der Waals surface area contributed by atoms with Gasteiger partial charge in [-0.3, -0.25) is 19.3 Å². The number of nitrogens with one attached hydrogen (secondary N) is 2. The second-order valence-corrected chi connectivity index (χ2v) is 7.31. The molecule has 1 atom stereocenters. The molecule has 0 radical (unpaired) electrons. The lowest BCUT2D eigenvalue weighted by Gasteiger charge is -2.23. The van der Waals surface area contributed by atoms with Gasteiger partial charge in [-0.1, -0.05) is 6.07 Å². The zero-order chi connectivity index (χ0) is 22.1. The van der Waals surface area contributed by atoms with E-state index in [1.54, 1.807) is 44.4 Å². The fourth-order valence-corrected chi connectivity index (χ4v) is 3.40. The second-order valence-electron chi connectivity index (χ2n) is 7.31. The van der Waals surface area contributed by atoms with Gasteiger partial charge in [-0.2, -0.15) is 0 Å².